The van der Waals surface area contributed by atoms with Gasteiger partial charge in [-0.2, -0.15) is 0 Å². The first-order chi connectivity index (χ1) is 8.97. The van der Waals surface area contributed by atoms with Gasteiger partial charge in [0.05, 0.1) is 0 Å². The number of primary amides is 1. The average Bonchev–Trinajstić information content (AvgIpc) is 2.30. The lowest BCUT2D eigenvalue weighted by atomic mass is 10.0. The largest absolute Gasteiger partial charge is 0.368 e. The molecule has 0 saturated carbocycles. The van der Waals surface area contributed by atoms with Crippen molar-refractivity contribution in [2.24, 2.45) is 11.7 Å². The standard InChI is InChI=1S/C15H30N2O2/c1-4-5-6-7-8-9-10-13(15(16)19)17-14(18)11-12(2)3/h12-13H,4-11H2,1-3H3,(H2,16,19)(H,17,18)/t13-/m1/s1. The molecule has 0 aliphatic carbocycles. The van der Waals surface area contributed by atoms with Gasteiger partial charge in [-0.05, 0) is 12.3 Å². The quantitative estimate of drug-likeness (QED) is 0.567. The summed E-state index contributed by atoms with van der Waals surface area (Å²) < 4.78 is 0. The number of amides is 2. The van der Waals surface area contributed by atoms with E-state index in [4.69, 9.17) is 5.73 Å². The van der Waals surface area contributed by atoms with E-state index in [1.165, 1.54) is 25.7 Å². The van der Waals surface area contributed by atoms with Crippen molar-refractivity contribution in [1.82, 2.24) is 5.32 Å². The molecule has 4 nitrogen and oxygen atoms in total. The predicted molar refractivity (Wildman–Crippen MR) is 78.6 cm³/mol. The van der Waals surface area contributed by atoms with Gasteiger partial charge in [0.15, 0.2) is 0 Å². The monoisotopic (exact) mass is 270 g/mol. The Kier molecular flexibility index (Phi) is 10.2. The topological polar surface area (TPSA) is 72.2 Å². The van der Waals surface area contributed by atoms with E-state index in [0.29, 0.717) is 18.8 Å². The highest BCUT2D eigenvalue weighted by atomic mass is 16.2. The first-order valence-corrected chi connectivity index (χ1v) is 7.56. The number of rotatable bonds is 11. The molecular formula is C15H30N2O2. The van der Waals surface area contributed by atoms with Gasteiger partial charge >= 0.3 is 0 Å². The highest BCUT2D eigenvalue weighted by Gasteiger charge is 2.17. The first kappa shape index (κ1) is 17.9. The highest BCUT2D eigenvalue weighted by Crippen LogP contribution is 2.09. The van der Waals surface area contributed by atoms with Crippen LogP contribution in [0.1, 0.15) is 72.1 Å². The molecule has 0 saturated heterocycles. The van der Waals surface area contributed by atoms with Crippen molar-refractivity contribution in [2.45, 2.75) is 78.2 Å². The maximum atomic E-state index is 11.6. The second kappa shape index (κ2) is 10.8. The van der Waals surface area contributed by atoms with Crippen molar-refractivity contribution in [2.75, 3.05) is 0 Å². The summed E-state index contributed by atoms with van der Waals surface area (Å²) in [6.45, 7) is 6.15. The van der Waals surface area contributed by atoms with Crippen molar-refractivity contribution >= 4 is 11.8 Å². The fraction of sp³-hybridized carbons (Fsp3) is 0.867. The second-order valence-electron chi connectivity index (χ2n) is 5.68. The fourth-order valence-corrected chi connectivity index (χ4v) is 2.04. The zero-order chi connectivity index (χ0) is 14.7. The number of nitrogens with one attached hydrogen (secondary N) is 1. The minimum Gasteiger partial charge on any atom is -0.368 e. The molecule has 0 aromatic heterocycles. The lowest BCUT2D eigenvalue weighted by Gasteiger charge is -2.16. The number of unbranched alkanes of at least 4 members (excludes halogenated alkanes) is 5. The summed E-state index contributed by atoms with van der Waals surface area (Å²) >= 11 is 0. The second-order valence-corrected chi connectivity index (χ2v) is 5.68. The van der Waals surface area contributed by atoms with E-state index < -0.39 is 11.9 Å². The molecule has 2 amide bonds. The molecule has 0 aliphatic heterocycles. The van der Waals surface area contributed by atoms with Crippen LogP contribution in [0.4, 0.5) is 0 Å². The van der Waals surface area contributed by atoms with Crippen LogP contribution in [-0.4, -0.2) is 17.9 Å². The summed E-state index contributed by atoms with van der Waals surface area (Å²) in [6.07, 6.45) is 8.09. The van der Waals surface area contributed by atoms with Gasteiger partial charge in [0.1, 0.15) is 6.04 Å². The summed E-state index contributed by atoms with van der Waals surface area (Å²) in [5.74, 6) is -0.210. The minimum absolute atomic E-state index is 0.0789. The molecule has 0 spiro atoms. The normalized spacial score (nSPS) is 12.4. The number of hydrogen-bond donors (Lipinski definition) is 2. The number of hydrogen-bond acceptors (Lipinski definition) is 2. The van der Waals surface area contributed by atoms with Crippen molar-refractivity contribution in [3.05, 3.63) is 0 Å². The summed E-state index contributed by atoms with van der Waals surface area (Å²) in [5.41, 5.74) is 5.32. The molecule has 0 unspecified atom stereocenters. The van der Waals surface area contributed by atoms with Crippen LogP contribution in [-0.2, 0) is 9.59 Å². The smallest absolute Gasteiger partial charge is 0.239 e. The maximum Gasteiger partial charge on any atom is 0.239 e. The zero-order valence-corrected chi connectivity index (χ0v) is 12.7. The van der Waals surface area contributed by atoms with Gasteiger partial charge in [0.2, 0.25) is 11.8 Å². The summed E-state index contributed by atoms with van der Waals surface area (Å²) in [4.78, 5) is 22.9. The molecule has 1 atom stereocenters. The molecule has 0 aromatic carbocycles. The molecule has 0 heterocycles. The van der Waals surface area contributed by atoms with E-state index in [9.17, 15) is 9.59 Å². The van der Waals surface area contributed by atoms with Gasteiger partial charge in [0, 0.05) is 6.42 Å². The van der Waals surface area contributed by atoms with Gasteiger partial charge in [0.25, 0.3) is 0 Å². The number of carbonyl (C=O) groups is 2. The van der Waals surface area contributed by atoms with Gasteiger partial charge in [-0.3, -0.25) is 9.59 Å². The van der Waals surface area contributed by atoms with Crippen molar-refractivity contribution in [1.29, 1.82) is 0 Å². The molecule has 0 rings (SSSR count). The molecule has 0 radical (unpaired) electrons. The summed E-state index contributed by atoms with van der Waals surface area (Å²) in [5, 5.41) is 2.74. The summed E-state index contributed by atoms with van der Waals surface area (Å²) in [7, 11) is 0. The van der Waals surface area contributed by atoms with E-state index in [2.05, 4.69) is 12.2 Å². The molecule has 19 heavy (non-hydrogen) atoms. The van der Waals surface area contributed by atoms with E-state index >= 15 is 0 Å². The Morgan fingerprint density at radius 2 is 1.63 bits per heavy atom. The van der Waals surface area contributed by atoms with E-state index in [1.54, 1.807) is 0 Å². The Hall–Kier alpha value is -1.06. The van der Waals surface area contributed by atoms with Crippen molar-refractivity contribution in [3.8, 4) is 0 Å². The Labute approximate surface area is 117 Å². The van der Waals surface area contributed by atoms with Gasteiger partial charge in [-0.15, -0.1) is 0 Å². The van der Waals surface area contributed by atoms with E-state index in [1.807, 2.05) is 13.8 Å². The Bertz CT molecular complexity index is 265. The molecule has 112 valence electrons. The molecule has 4 heteroatoms. The van der Waals surface area contributed by atoms with Gasteiger partial charge in [-0.25, -0.2) is 0 Å². The minimum atomic E-state index is -0.502. The van der Waals surface area contributed by atoms with Crippen LogP contribution in [0.15, 0.2) is 0 Å². The summed E-state index contributed by atoms with van der Waals surface area (Å²) in [6, 6.07) is -0.502. The third-order valence-electron chi connectivity index (χ3n) is 3.12. The van der Waals surface area contributed by atoms with Gasteiger partial charge in [-0.1, -0.05) is 59.3 Å². The SMILES string of the molecule is CCCCCCCC[C@@H](NC(=O)CC(C)C)C(N)=O. The molecule has 0 aliphatic rings. The van der Waals surface area contributed by atoms with Crippen LogP contribution in [0.5, 0.6) is 0 Å². The van der Waals surface area contributed by atoms with E-state index in [-0.39, 0.29) is 5.91 Å². The maximum absolute atomic E-state index is 11.6. The number of nitrogens with two attached hydrogens (primary N) is 1. The zero-order valence-electron chi connectivity index (χ0n) is 12.7. The third-order valence-corrected chi connectivity index (χ3v) is 3.12. The van der Waals surface area contributed by atoms with Crippen LogP contribution in [0.25, 0.3) is 0 Å². The molecule has 0 fully saturated rings. The Balaban J connectivity index is 3.86. The lowest BCUT2D eigenvalue weighted by Crippen LogP contribution is -2.44. The average molecular weight is 270 g/mol. The van der Waals surface area contributed by atoms with Crippen LogP contribution in [0.3, 0.4) is 0 Å². The molecular weight excluding hydrogens is 240 g/mol. The third kappa shape index (κ3) is 10.5. The van der Waals surface area contributed by atoms with Gasteiger partial charge < -0.3 is 11.1 Å². The van der Waals surface area contributed by atoms with Crippen LogP contribution < -0.4 is 11.1 Å². The number of carbonyl (C=O) groups excluding carboxylic acids is 2. The van der Waals surface area contributed by atoms with Crippen molar-refractivity contribution < 1.29 is 9.59 Å². The molecule has 0 aromatic rings. The Morgan fingerprint density at radius 3 is 2.16 bits per heavy atom. The van der Waals surface area contributed by atoms with E-state index in [0.717, 1.165) is 12.8 Å². The Morgan fingerprint density at radius 1 is 1.05 bits per heavy atom. The molecule has 0 bridgehead atoms. The first-order valence-electron chi connectivity index (χ1n) is 7.56. The van der Waals surface area contributed by atoms with Crippen LogP contribution >= 0.6 is 0 Å². The molecule has 3 N–H and O–H groups in total. The predicted octanol–water partition coefficient (Wildman–Crippen LogP) is 2.75. The van der Waals surface area contributed by atoms with Crippen LogP contribution in [0.2, 0.25) is 0 Å². The lowest BCUT2D eigenvalue weighted by molar-refractivity contribution is -0.128. The fourth-order valence-electron chi connectivity index (χ4n) is 2.04. The highest BCUT2D eigenvalue weighted by molar-refractivity contribution is 5.86. The van der Waals surface area contributed by atoms with Crippen LogP contribution in [0, 0.1) is 5.92 Å². The van der Waals surface area contributed by atoms with Crippen molar-refractivity contribution in [3.63, 3.8) is 0 Å².